The van der Waals surface area contributed by atoms with Crippen molar-refractivity contribution in [2.24, 2.45) is 5.41 Å². The van der Waals surface area contributed by atoms with Gasteiger partial charge in [0.05, 0.1) is 0 Å². The Morgan fingerprint density at radius 1 is 0.875 bits per heavy atom. The highest BCUT2D eigenvalue weighted by Crippen LogP contribution is 2.50. The van der Waals surface area contributed by atoms with Crippen molar-refractivity contribution in [1.82, 2.24) is 10.2 Å². The minimum absolute atomic E-state index is 0.766. The number of nitrogens with one attached hydrogen (secondary N) is 1. The normalized spacial score (nSPS) is 32.2. The first kappa shape index (κ1) is 11.0. The van der Waals surface area contributed by atoms with E-state index in [2.05, 4.69) is 10.2 Å². The fourth-order valence-electron chi connectivity index (χ4n) is 4.02. The lowest BCUT2D eigenvalue weighted by Crippen LogP contribution is -2.54. The van der Waals surface area contributed by atoms with Gasteiger partial charge in [-0.05, 0) is 70.1 Å². The second-order valence-electron chi connectivity index (χ2n) is 6.26. The van der Waals surface area contributed by atoms with E-state index in [-0.39, 0.29) is 0 Å². The van der Waals surface area contributed by atoms with Crippen molar-refractivity contribution in [2.45, 2.75) is 57.4 Å². The molecule has 0 atom stereocenters. The molecular weight excluding hydrogens is 196 g/mol. The van der Waals surface area contributed by atoms with E-state index in [0.29, 0.717) is 0 Å². The van der Waals surface area contributed by atoms with Crippen LogP contribution in [0.1, 0.15) is 51.4 Å². The standard InChI is InChI=1S/C14H26N2/c1-2-4-10-16(9-3-1)13-11-14(12-13)5-7-15-8-6-14/h13,15H,1-12H2. The van der Waals surface area contributed by atoms with Crippen LogP contribution in [0.4, 0.5) is 0 Å². The SMILES string of the molecule is C1CCCN(C2CC3(CCNCC3)C2)CC1. The number of nitrogens with zero attached hydrogens (tertiary/aromatic N) is 1. The van der Waals surface area contributed by atoms with Gasteiger partial charge in [0.25, 0.3) is 0 Å². The summed E-state index contributed by atoms with van der Waals surface area (Å²) >= 11 is 0. The second kappa shape index (κ2) is 4.66. The lowest BCUT2D eigenvalue weighted by Gasteiger charge is -2.54. The maximum atomic E-state index is 3.50. The average molecular weight is 222 g/mol. The van der Waals surface area contributed by atoms with Crippen LogP contribution in [0.3, 0.4) is 0 Å². The van der Waals surface area contributed by atoms with Gasteiger partial charge < -0.3 is 10.2 Å². The van der Waals surface area contributed by atoms with Crippen molar-refractivity contribution in [3.8, 4) is 0 Å². The van der Waals surface area contributed by atoms with E-state index in [4.69, 9.17) is 0 Å². The average Bonchev–Trinajstić information content (AvgIpc) is 2.55. The maximum Gasteiger partial charge on any atom is 0.0106 e. The number of likely N-dealkylation sites (tertiary alicyclic amines) is 1. The van der Waals surface area contributed by atoms with Gasteiger partial charge in [0.2, 0.25) is 0 Å². The third-order valence-corrected chi connectivity index (χ3v) is 5.16. The summed E-state index contributed by atoms with van der Waals surface area (Å²) in [6, 6.07) is 0.955. The van der Waals surface area contributed by atoms with E-state index in [1.807, 2.05) is 0 Å². The Morgan fingerprint density at radius 2 is 1.50 bits per heavy atom. The predicted molar refractivity (Wildman–Crippen MR) is 67.6 cm³/mol. The van der Waals surface area contributed by atoms with Crippen LogP contribution in [-0.2, 0) is 0 Å². The number of piperidine rings is 1. The fourth-order valence-corrected chi connectivity index (χ4v) is 4.02. The quantitative estimate of drug-likeness (QED) is 0.733. The number of hydrogen-bond acceptors (Lipinski definition) is 2. The highest BCUT2D eigenvalue weighted by molar-refractivity contribution is 5.00. The molecule has 3 aliphatic rings. The van der Waals surface area contributed by atoms with E-state index in [0.717, 1.165) is 11.5 Å². The minimum atomic E-state index is 0.766. The summed E-state index contributed by atoms with van der Waals surface area (Å²) < 4.78 is 0. The Labute approximate surface area is 99.8 Å². The van der Waals surface area contributed by atoms with Gasteiger partial charge in [0, 0.05) is 6.04 Å². The summed E-state index contributed by atoms with van der Waals surface area (Å²) in [7, 11) is 0. The van der Waals surface area contributed by atoms with Crippen LogP contribution in [0.25, 0.3) is 0 Å². The van der Waals surface area contributed by atoms with Crippen LogP contribution in [0, 0.1) is 5.41 Å². The molecule has 2 nitrogen and oxygen atoms in total. The highest BCUT2D eigenvalue weighted by Gasteiger charge is 2.46. The van der Waals surface area contributed by atoms with Gasteiger partial charge in [0.1, 0.15) is 0 Å². The van der Waals surface area contributed by atoms with Crippen molar-refractivity contribution in [3.63, 3.8) is 0 Å². The molecule has 16 heavy (non-hydrogen) atoms. The van der Waals surface area contributed by atoms with Crippen LogP contribution in [0.15, 0.2) is 0 Å². The maximum absolute atomic E-state index is 3.50. The third kappa shape index (κ3) is 2.14. The molecule has 0 radical (unpaired) electrons. The zero-order chi connectivity index (χ0) is 10.8. The topological polar surface area (TPSA) is 15.3 Å². The Kier molecular flexibility index (Phi) is 3.21. The zero-order valence-corrected chi connectivity index (χ0v) is 10.5. The molecule has 0 bridgehead atoms. The predicted octanol–water partition coefficient (Wildman–Crippen LogP) is 2.39. The Morgan fingerprint density at radius 3 is 2.12 bits per heavy atom. The van der Waals surface area contributed by atoms with Gasteiger partial charge in [-0.3, -0.25) is 0 Å². The molecule has 92 valence electrons. The van der Waals surface area contributed by atoms with Gasteiger partial charge in [-0.15, -0.1) is 0 Å². The molecular formula is C14H26N2. The first-order chi connectivity index (χ1) is 7.88. The van der Waals surface area contributed by atoms with Crippen LogP contribution >= 0.6 is 0 Å². The van der Waals surface area contributed by atoms with Crippen LogP contribution < -0.4 is 5.32 Å². The summed E-state index contributed by atoms with van der Waals surface area (Å²) in [5.41, 5.74) is 0.766. The number of rotatable bonds is 1. The van der Waals surface area contributed by atoms with Crippen molar-refractivity contribution in [3.05, 3.63) is 0 Å². The van der Waals surface area contributed by atoms with Gasteiger partial charge in [-0.2, -0.15) is 0 Å². The molecule has 0 amide bonds. The van der Waals surface area contributed by atoms with Crippen molar-refractivity contribution in [2.75, 3.05) is 26.2 Å². The highest BCUT2D eigenvalue weighted by atomic mass is 15.2. The molecule has 2 aliphatic heterocycles. The first-order valence-corrected chi connectivity index (χ1v) is 7.33. The molecule has 0 aromatic heterocycles. The van der Waals surface area contributed by atoms with E-state index < -0.39 is 0 Å². The van der Waals surface area contributed by atoms with Crippen LogP contribution in [0.5, 0.6) is 0 Å². The second-order valence-corrected chi connectivity index (χ2v) is 6.26. The van der Waals surface area contributed by atoms with Crippen molar-refractivity contribution in [1.29, 1.82) is 0 Å². The van der Waals surface area contributed by atoms with Crippen molar-refractivity contribution >= 4 is 0 Å². The largest absolute Gasteiger partial charge is 0.317 e. The first-order valence-electron chi connectivity index (χ1n) is 7.33. The van der Waals surface area contributed by atoms with Gasteiger partial charge in [-0.25, -0.2) is 0 Å². The Bertz CT molecular complexity index is 217. The molecule has 0 unspecified atom stereocenters. The molecule has 1 saturated carbocycles. The molecule has 1 spiro atoms. The summed E-state index contributed by atoms with van der Waals surface area (Å²) in [5, 5.41) is 3.50. The molecule has 2 heteroatoms. The molecule has 2 heterocycles. The van der Waals surface area contributed by atoms with E-state index >= 15 is 0 Å². The Balaban J connectivity index is 1.51. The molecule has 3 fully saturated rings. The molecule has 0 aromatic rings. The van der Waals surface area contributed by atoms with Gasteiger partial charge >= 0.3 is 0 Å². The monoisotopic (exact) mass is 222 g/mol. The Hall–Kier alpha value is -0.0800. The van der Waals surface area contributed by atoms with Crippen LogP contribution in [0.2, 0.25) is 0 Å². The fraction of sp³-hybridized carbons (Fsp3) is 1.00. The summed E-state index contributed by atoms with van der Waals surface area (Å²) in [6.45, 7) is 5.32. The van der Waals surface area contributed by atoms with Gasteiger partial charge in [0.15, 0.2) is 0 Å². The lowest BCUT2D eigenvalue weighted by molar-refractivity contribution is -0.0191. The zero-order valence-electron chi connectivity index (χ0n) is 10.5. The summed E-state index contributed by atoms with van der Waals surface area (Å²) in [4.78, 5) is 2.81. The molecule has 3 rings (SSSR count). The van der Waals surface area contributed by atoms with Crippen LogP contribution in [-0.4, -0.2) is 37.1 Å². The lowest BCUT2D eigenvalue weighted by atomic mass is 9.60. The number of hydrogen-bond donors (Lipinski definition) is 1. The molecule has 1 N–H and O–H groups in total. The molecule has 1 aliphatic carbocycles. The molecule has 2 saturated heterocycles. The molecule has 0 aromatic carbocycles. The minimum Gasteiger partial charge on any atom is -0.317 e. The van der Waals surface area contributed by atoms with Gasteiger partial charge in [-0.1, -0.05) is 12.8 Å². The summed E-state index contributed by atoms with van der Waals surface area (Å²) in [5.74, 6) is 0. The van der Waals surface area contributed by atoms with E-state index in [9.17, 15) is 0 Å². The smallest absolute Gasteiger partial charge is 0.0106 e. The van der Waals surface area contributed by atoms with Crippen molar-refractivity contribution < 1.29 is 0 Å². The van der Waals surface area contributed by atoms with E-state index in [1.54, 1.807) is 0 Å². The third-order valence-electron chi connectivity index (χ3n) is 5.16. The van der Waals surface area contributed by atoms with E-state index in [1.165, 1.54) is 77.5 Å². The summed E-state index contributed by atoms with van der Waals surface area (Å²) in [6.07, 6.45) is 11.7.